The molecule has 0 aromatic rings. The van der Waals surface area contributed by atoms with Crippen LogP contribution in [0.1, 0.15) is 65.2 Å². The molecule has 94 valence electrons. The van der Waals surface area contributed by atoms with Gasteiger partial charge in [0.25, 0.3) is 0 Å². The van der Waals surface area contributed by atoms with Crippen molar-refractivity contribution >= 4 is 0 Å². The lowest BCUT2D eigenvalue weighted by molar-refractivity contribution is 0.282. The maximum Gasteiger partial charge on any atom is 0.0431 e. The normalized spacial score (nSPS) is 8.47. The molecule has 0 aliphatic heterocycles. The monoisotopic (exact) mass is 220 g/mol. The van der Waals surface area contributed by atoms with Crippen LogP contribution in [-0.4, -0.2) is 11.7 Å². The Labute approximate surface area is 95.0 Å². The third-order valence-corrected chi connectivity index (χ3v) is 2.01. The first-order valence-electron chi connectivity index (χ1n) is 6.01. The summed E-state index contributed by atoms with van der Waals surface area (Å²) < 4.78 is 0. The maximum absolute atomic E-state index is 8.51. The van der Waals surface area contributed by atoms with Crippen molar-refractivity contribution in [1.29, 1.82) is 0 Å². The summed E-state index contributed by atoms with van der Waals surface area (Å²) in [6.07, 6.45) is 12.1. The Morgan fingerprint density at radius 2 is 1.27 bits per heavy atom. The number of rotatable bonds is 8. The van der Waals surface area contributed by atoms with Crippen LogP contribution in [0.3, 0.4) is 0 Å². The van der Waals surface area contributed by atoms with Gasteiger partial charge >= 0.3 is 0 Å². The number of hydrogen-bond acceptors (Lipinski definition) is 1. The molecule has 0 unspecified atom stereocenters. The highest BCUT2D eigenvalue weighted by atomic mass is 19.0. The summed E-state index contributed by atoms with van der Waals surface area (Å²) in [5, 5.41) is 8.51. The van der Waals surface area contributed by atoms with Crippen LogP contribution in [0.4, 0.5) is 4.70 Å². The molecule has 0 bridgehead atoms. The lowest BCUT2D eigenvalue weighted by Gasteiger charge is -1.98. The quantitative estimate of drug-likeness (QED) is 0.473. The van der Waals surface area contributed by atoms with Crippen molar-refractivity contribution in [2.24, 2.45) is 0 Å². The van der Waals surface area contributed by atoms with E-state index in [0.29, 0.717) is 6.61 Å². The SMILES string of the molecule is C=CC.CCCCCCCCCCO.F. The van der Waals surface area contributed by atoms with Gasteiger partial charge in [-0.3, -0.25) is 4.70 Å². The fraction of sp³-hybridized carbons (Fsp3) is 0.846. The molecule has 0 aromatic heterocycles. The van der Waals surface area contributed by atoms with Gasteiger partial charge in [0, 0.05) is 6.61 Å². The highest BCUT2D eigenvalue weighted by Gasteiger charge is 1.89. The van der Waals surface area contributed by atoms with Gasteiger partial charge in [0.05, 0.1) is 0 Å². The number of aliphatic hydroxyl groups excluding tert-OH is 1. The molecule has 2 heteroatoms. The maximum atomic E-state index is 8.51. The van der Waals surface area contributed by atoms with Crippen molar-refractivity contribution in [3.8, 4) is 0 Å². The largest absolute Gasteiger partial charge is 0.396 e. The van der Waals surface area contributed by atoms with Crippen molar-refractivity contribution < 1.29 is 9.81 Å². The Morgan fingerprint density at radius 3 is 1.60 bits per heavy atom. The topological polar surface area (TPSA) is 20.2 Å². The lowest BCUT2D eigenvalue weighted by atomic mass is 10.1. The van der Waals surface area contributed by atoms with Crippen LogP contribution in [0.5, 0.6) is 0 Å². The van der Waals surface area contributed by atoms with E-state index in [1.807, 2.05) is 6.92 Å². The summed E-state index contributed by atoms with van der Waals surface area (Å²) in [5.74, 6) is 0. The predicted octanol–water partition coefficient (Wildman–Crippen LogP) is 4.46. The van der Waals surface area contributed by atoms with E-state index in [1.165, 1.54) is 44.9 Å². The number of halogens is 1. The smallest absolute Gasteiger partial charge is 0.0431 e. The molecule has 0 aliphatic carbocycles. The van der Waals surface area contributed by atoms with Gasteiger partial charge in [-0.2, -0.15) is 0 Å². The van der Waals surface area contributed by atoms with Gasteiger partial charge in [0.1, 0.15) is 0 Å². The average molecular weight is 220 g/mol. The molecule has 0 spiro atoms. The molecule has 0 fully saturated rings. The van der Waals surface area contributed by atoms with Crippen molar-refractivity contribution in [2.45, 2.75) is 65.2 Å². The Kier molecular flexibility index (Phi) is 31.4. The molecule has 0 radical (unpaired) electrons. The molecule has 0 aromatic carbocycles. The van der Waals surface area contributed by atoms with Crippen molar-refractivity contribution in [3.63, 3.8) is 0 Å². The zero-order valence-electron chi connectivity index (χ0n) is 10.5. The van der Waals surface area contributed by atoms with Crippen LogP contribution in [0.15, 0.2) is 12.7 Å². The third kappa shape index (κ3) is 31.7. The van der Waals surface area contributed by atoms with Gasteiger partial charge in [0.15, 0.2) is 0 Å². The van der Waals surface area contributed by atoms with E-state index in [-0.39, 0.29) is 4.70 Å². The first kappa shape index (κ1) is 20.1. The summed E-state index contributed by atoms with van der Waals surface area (Å²) in [6.45, 7) is 7.86. The molecule has 15 heavy (non-hydrogen) atoms. The van der Waals surface area contributed by atoms with Crippen molar-refractivity contribution in [3.05, 3.63) is 12.7 Å². The number of hydrogen-bond donors (Lipinski definition) is 1. The van der Waals surface area contributed by atoms with E-state index in [2.05, 4.69) is 13.5 Å². The minimum atomic E-state index is 0. The fourth-order valence-electron chi connectivity index (χ4n) is 1.25. The molecule has 0 aliphatic rings. The van der Waals surface area contributed by atoms with Crippen molar-refractivity contribution in [2.75, 3.05) is 6.61 Å². The fourth-order valence-corrected chi connectivity index (χ4v) is 1.25. The van der Waals surface area contributed by atoms with Gasteiger partial charge in [-0.15, -0.1) is 6.58 Å². The Hall–Kier alpha value is -0.370. The van der Waals surface area contributed by atoms with Gasteiger partial charge in [-0.25, -0.2) is 0 Å². The Bertz CT molecular complexity index is 86.5. The second-order valence-electron chi connectivity index (χ2n) is 3.61. The van der Waals surface area contributed by atoms with E-state index in [0.717, 1.165) is 6.42 Å². The second-order valence-corrected chi connectivity index (χ2v) is 3.61. The second kappa shape index (κ2) is 23.4. The summed E-state index contributed by atoms with van der Waals surface area (Å²) in [4.78, 5) is 0. The number of allylic oxidation sites excluding steroid dienone is 1. The predicted molar refractivity (Wildman–Crippen MR) is 68.1 cm³/mol. The highest BCUT2D eigenvalue weighted by Crippen LogP contribution is 2.07. The molecule has 1 N–H and O–H groups in total. The summed E-state index contributed by atoms with van der Waals surface area (Å²) in [7, 11) is 0. The molecule has 1 nitrogen and oxygen atoms in total. The molecule has 0 heterocycles. The molecule has 0 saturated carbocycles. The van der Waals surface area contributed by atoms with Crippen LogP contribution in [0, 0.1) is 0 Å². The summed E-state index contributed by atoms with van der Waals surface area (Å²) >= 11 is 0. The number of unbranched alkanes of at least 4 members (excludes halogenated alkanes) is 7. The molecule has 0 saturated heterocycles. The van der Waals surface area contributed by atoms with Crippen LogP contribution >= 0.6 is 0 Å². The first-order valence-corrected chi connectivity index (χ1v) is 6.01. The van der Waals surface area contributed by atoms with E-state index in [4.69, 9.17) is 5.11 Å². The summed E-state index contributed by atoms with van der Waals surface area (Å²) in [5.41, 5.74) is 0. The van der Waals surface area contributed by atoms with Crippen LogP contribution in [0.25, 0.3) is 0 Å². The minimum Gasteiger partial charge on any atom is -0.396 e. The van der Waals surface area contributed by atoms with Gasteiger partial charge < -0.3 is 5.11 Å². The average Bonchev–Trinajstić information content (AvgIpc) is 2.18. The highest BCUT2D eigenvalue weighted by molar-refractivity contribution is 4.51. The Balaban J connectivity index is -0.000000320. The van der Waals surface area contributed by atoms with Crippen LogP contribution in [0.2, 0.25) is 0 Å². The zero-order valence-corrected chi connectivity index (χ0v) is 10.5. The third-order valence-electron chi connectivity index (χ3n) is 2.01. The van der Waals surface area contributed by atoms with Crippen LogP contribution < -0.4 is 0 Å². The van der Waals surface area contributed by atoms with E-state index < -0.39 is 0 Å². The molecular formula is C13H29FO. The van der Waals surface area contributed by atoms with Gasteiger partial charge in [0.2, 0.25) is 0 Å². The van der Waals surface area contributed by atoms with Gasteiger partial charge in [-0.1, -0.05) is 57.9 Å². The summed E-state index contributed by atoms with van der Waals surface area (Å²) in [6, 6.07) is 0. The standard InChI is InChI=1S/C10H22O.C3H6.FH/c1-2-3-4-5-6-7-8-9-10-11;1-3-2;/h11H,2-10H2,1H3;3H,1H2,2H3;1H. The number of aliphatic hydroxyl groups is 1. The zero-order chi connectivity index (χ0) is 11.1. The molecule has 0 atom stereocenters. The lowest BCUT2D eigenvalue weighted by Crippen LogP contribution is -1.83. The van der Waals surface area contributed by atoms with Gasteiger partial charge in [-0.05, 0) is 13.3 Å². The Morgan fingerprint density at radius 1 is 0.933 bits per heavy atom. The van der Waals surface area contributed by atoms with Crippen molar-refractivity contribution in [1.82, 2.24) is 0 Å². The molecule has 0 rings (SSSR count). The minimum absolute atomic E-state index is 0. The molecule has 0 amide bonds. The first-order chi connectivity index (χ1) is 6.83. The molecular weight excluding hydrogens is 191 g/mol. The van der Waals surface area contributed by atoms with E-state index in [9.17, 15) is 0 Å². The van der Waals surface area contributed by atoms with Crippen LogP contribution in [-0.2, 0) is 0 Å². The van der Waals surface area contributed by atoms with E-state index in [1.54, 1.807) is 6.08 Å². The van der Waals surface area contributed by atoms with E-state index >= 15 is 0 Å².